The van der Waals surface area contributed by atoms with Crippen molar-refractivity contribution in [2.45, 2.75) is 25.4 Å². The first-order valence-electron chi connectivity index (χ1n) is 10.3. The summed E-state index contributed by atoms with van der Waals surface area (Å²) in [6.07, 6.45) is 2.28. The van der Waals surface area contributed by atoms with Crippen LogP contribution >= 0.6 is 0 Å². The molecule has 0 bridgehead atoms. The highest BCUT2D eigenvalue weighted by Crippen LogP contribution is 2.23. The Morgan fingerprint density at radius 2 is 1.57 bits per heavy atom. The van der Waals surface area contributed by atoms with Crippen LogP contribution < -0.4 is 26.4 Å². The van der Waals surface area contributed by atoms with Crippen LogP contribution in [0, 0.1) is 0 Å². The molecule has 0 spiro atoms. The first-order valence-corrected chi connectivity index (χ1v) is 10.3. The minimum Gasteiger partial charge on any atom is -0.497 e. The van der Waals surface area contributed by atoms with E-state index in [2.05, 4.69) is 30.9 Å². The predicted octanol–water partition coefficient (Wildman–Crippen LogP) is 1.47. The lowest BCUT2D eigenvalue weighted by molar-refractivity contribution is 0.0547. The minimum atomic E-state index is 0.451. The molecule has 0 aliphatic heterocycles. The zero-order valence-corrected chi connectivity index (χ0v) is 17.4. The third-order valence-electron chi connectivity index (χ3n) is 4.32. The van der Waals surface area contributed by atoms with E-state index in [0.29, 0.717) is 69.9 Å². The molecule has 0 unspecified atom stereocenters. The Bertz CT molecular complexity index is 757. The summed E-state index contributed by atoms with van der Waals surface area (Å²) in [7, 11) is 1.65. The van der Waals surface area contributed by atoms with Gasteiger partial charge in [0.25, 0.3) is 0 Å². The van der Waals surface area contributed by atoms with E-state index in [1.165, 1.54) is 0 Å². The second-order valence-corrected chi connectivity index (χ2v) is 6.87. The summed E-state index contributed by atoms with van der Waals surface area (Å²) in [5, 5.41) is 9.78. The topological polar surface area (TPSA) is 128 Å². The summed E-state index contributed by atoms with van der Waals surface area (Å²) >= 11 is 0. The highest BCUT2D eigenvalue weighted by molar-refractivity contribution is 5.43. The summed E-state index contributed by atoms with van der Waals surface area (Å²) in [6.45, 7) is 3.85. The number of methoxy groups -OCH3 is 1. The van der Waals surface area contributed by atoms with Gasteiger partial charge >= 0.3 is 0 Å². The summed E-state index contributed by atoms with van der Waals surface area (Å²) in [6, 6.07) is 8.32. The molecule has 30 heavy (non-hydrogen) atoms. The van der Waals surface area contributed by atoms with Crippen LogP contribution in [0.1, 0.15) is 18.4 Å². The van der Waals surface area contributed by atoms with Crippen LogP contribution in [0.5, 0.6) is 5.75 Å². The first-order chi connectivity index (χ1) is 14.8. The van der Waals surface area contributed by atoms with Gasteiger partial charge in [0.15, 0.2) is 0 Å². The number of aromatic nitrogens is 3. The van der Waals surface area contributed by atoms with Crippen molar-refractivity contribution in [3.8, 4) is 5.75 Å². The monoisotopic (exact) mass is 417 g/mol. The van der Waals surface area contributed by atoms with Gasteiger partial charge in [-0.2, -0.15) is 15.0 Å². The molecule has 1 aliphatic rings. The summed E-state index contributed by atoms with van der Waals surface area (Å²) in [5.41, 5.74) is 6.47. The quantitative estimate of drug-likeness (QED) is 0.316. The van der Waals surface area contributed by atoms with Crippen LogP contribution in [-0.2, 0) is 16.0 Å². The SMILES string of the molecule is COc1ccc(CNc2nc(NCCOCCOCCN)nc(NC3CC3)n2)cc1. The lowest BCUT2D eigenvalue weighted by Crippen LogP contribution is -2.17. The van der Waals surface area contributed by atoms with E-state index in [9.17, 15) is 0 Å². The molecule has 2 aromatic rings. The largest absolute Gasteiger partial charge is 0.497 e. The van der Waals surface area contributed by atoms with Crippen LogP contribution in [0.4, 0.5) is 17.8 Å². The normalized spacial score (nSPS) is 13.1. The first kappa shape index (κ1) is 22.0. The summed E-state index contributed by atoms with van der Waals surface area (Å²) in [4.78, 5) is 13.4. The molecule has 5 N–H and O–H groups in total. The molecule has 0 amide bonds. The Morgan fingerprint density at radius 3 is 2.23 bits per heavy atom. The number of anilines is 3. The second kappa shape index (κ2) is 12.1. The Kier molecular flexibility index (Phi) is 8.88. The molecule has 3 rings (SSSR count). The molecule has 1 aliphatic carbocycles. The van der Waals surface area contributed by atoms with Crippen LogP contribution in [0.2, 0.25) is 0 Å². The lowest BCUT2D eigenvalue weighted by Gasteiger charge is -2.11. The number of nitrogens with one attached hydrogen (secondary N) is 3. The standard InChI is InChI=1S/C20H31N7O3/c1-28-17-6-2-15(3-7-17)14-23-19-25-18(26-20(27-19)24-16-4-5-16)22-9-11-30-13-12-29-10-8-21/h2-3,6-7,16H,4-5,8-14,21H2,1H3,(H3,22,23,24,25,26,27). The van der Waals surface area contributed by atoms with Crippen LogP contribution in [0.25, 0.3) is 0 Å². The van der Waals surface area contributed by atoms with Crippen molar-refractivity contribution in [2.75, 3.05) is 62.6 Å². The predicted molar refractivity (Wildman–Crippen MR) is 116 cm³/mol. The van der Waals surface area contributed by atoms with Gasteiger partial charge in [-0.3, -0.25) is 0 Å². The Hall–Kier alpha value is -2.69. The fourth-order valence-electron chi connectivity index (χ4n) is 2.57. The van der Waals surface area contributed by atoms with Crippen LogP contribution in [-0.4, -0.2) is 67.6 Å². The Morgan fingerprint density at radius 1 is 0.900 bits per heavy atom. The van der Waals surface area contributed by atoms with Crippen LogP contribution in [0.15, 0.2) is 24.3 Å². The van der Waals surface area contributed by atoms with E-state index >= 15 is 0 Å². The van der Waals surface area contributed by atoms with Crippen molar-refractivity contribution < 1.29 is 14.2 Å². The number of nitrogens with two attached hydrogens (primary N) is 1. The van der Waals surface area contributed by atoms with Gasteiger partial charge in [0.05, 0.1) is 33.5 Å². The lowest BCUT2D eigenvalue weighted by atomic mass is 10.2. The van der Waals surface area contributed by atoms with Crippen molar-refractivity contribution >= 4 is 17.8 Å². The minimum absolute atomic E-state index is 0.451. The van der Waals surface area contributed by atoms with Gasteiger partial charge in [-0.25, -0.2) is 0 Å². The molecule has 0 atom stereocenters. The van der Waals surface area contributed by atoms with Gasteiger partial charge in [-0.1, -0.05) is 12.1 Å². The molecule has 0 radical (unpaired) electrons. The molecular formula is C20H31N7O3. The molecular weight excluding hydrogens is 386 g/mol. The number of nitrogens with zero attached hydrogens (tertiary/aromatic N) is 3. The van der Waals surface area contributed by atoms with Crippen molar-refractivity contribution in [2.24, 2.45) is 5.73 Å². The van der Waals surface area contributed by atoms with Crippen molar-refractivity contribution in [3.63, 3.8) is 0 Å². The number of ether oxygens (including phenoxy) is 3. The van der Waals surface area contributed by atoms with Crippen molar-refractivity contribution in [1.82, 2.24) is 15.0 Å². The molecule has 1 saturated carbocycles. The summed E-state index contributed by atoms with van der Waals surface area (Å²) in [5.74, 6) is 2.42. The van der Waals surface area contributed by atoms with E-state index in [4.69, 9.17) is 19.9 Å². The Labute approximate surface area is 176 Å². The maximum absolute atomic E-state index is 5.52. The highest BCUT2D eigenvalue weighted by Gasteiger charge is 2.22. The molecule has 10 nitrogen and oxygen atoms in total. The molecule has 1 fully saturated rings. The number of rotatable bonds is 15. The maximum Gasteiger partial charge on any atom is 0.229 e. The Balaban J connectivity index is 1.49. The zero-order chi connectivity index (χ0) is 21.0. The number of benzene rings is 1. The van der Waals surface area contributed by atoms with E-state index in [-0.39, 0.29) is 0 Å². The third-order valence-corrected chi connectivity index (χ3v) is 4.32. The average Bonchev–Trinajstić information content (AvgIpc) is 3.58. The van der Waals surface area contributed by atoms with Gasteiger partial charge in [-0.15, -0.1) is 0 Å². The molecule has 1 aromatic heterocycles. The van der Waals surface area contributed by atoms with Gasteiger partial charge in [0, 0.05) is 25.7 Å². The molecule has 10 heteroatoms. The molecule has 164 valence electrons. The van der Waals surface area contributed by atoms with E-state index in [0.717, 1.165) is 24.2 Å². The number of hydrogen-bond donors (Lipinski definition) is 4. The van der Waals surface area contributed by atoms with E-state index in [1.54, 1.807) is 7.11 Å². The zero-order valence-electron chi connectivity index (χ0n) is 17.4. The van der Waals surface area contributed by atoms with Crippen molar-refractivity contribution in [1.29, 1.82) is 0 Å². The molecule has 1 heterocycles. The van der Waals surface area contributed by atoms with Crippen LogP contribution in [0.3, 0.4) is 0 Å². The number of hydrogen-bond acceptors (Lipinski definition) is 10. The average molecular weight is 418 g/mol. The van der Waals surface area contributed by atoms with Gasteiger partial charge < -0.3 is 35.9 Å². The van der Waals surface area contributed by atoms with E-state index < -0.39 is 0 Å². The molecule has 0 saturated heterocycles. The maximum atomic E-state index is 5.52. The second-order valence-electron chi connectivity index (χ2n) is 6.87. The van der Waals surface area contributed by atoms with Gasteiger partial charge in [0.1, 0.15) is 5.75 Å². The smallest absolute Gasteiger partial charge is 0.229 e. The highest BCUT2D eigenvalue weighted by atomic mass is 16.5. The van der Waals surface area contributed by atoms with Crippen molar-refractivity contribution in [3.05, 3.63) is 29.8 Å². The third kappa shape index (κ3) is 7.97. The fraction of sp³-hybridized carbons (Fsp3) is 0.550. The summed E-state index contributed by atoms with van der Waals surface area (Å²) < 4.78 is 16.0. The van der Waals surface area contributed by atoms with E-state index in [1.807, 2.05) is 24.3 Å². The van der Waals surface area contributed by atoms with Gasteiger partial charge in [0.2, 0.25) is 17.8 Å². The fourth-order valence-corrected chi connectivity index (χ4v) is 2.57. The van der Waals surface area contributed by atoms with Gasteiger partial charge in [-0.05, 0) is 30.5 Å². The molecule has 1 aromatic carbocycles.